The van der Waals surface area contributed by atoms with Gasteiger partial charge in [-0.1, -0.05) is 0 Å². The van der Waals surface area contributed by atoms with Gasteiger partial charge in [-0.25, -0.2) is 0 Å². The van der Waals surface area contributed by atoms with Crippen LogP contribution < -0.4 is 11.1 Å². The third-order valence-corrected chi connectivity index (χ3v) is 2.49. The third-order valence-electron chi connectivity index (χ3n) is 2.49. The molecule has 0 aromatic rings. The Balaban J connectivity index is 2.01. The fourth-order valence-electron chi connectivity index (χ4n) is 1.53. The van der Waals surface area contributed by atoms with E-state index in [1.165, 1.54) is 0 Å². The number of ether oxygens (including phenoxy) is 1. The van der Waals surface area contributed by atoms with Crippen molar-refractivity contribution in [3.8, 4) is 0 Å². The first kappa shape index (κ1) is 11.9. The normalized spacial score (nSPS) is 24.5. The molecule has 1 fully saturated rings. The van der Waals surface area contributed by atoms with Gasteiger partial charge in [0.05, 0.1) is 12.5 Å². The van der Waals surface area contributed by atoms with Gasteiger partial charge in [0.1, 0.15) is 6.61 Å². The van der Waals surface area contributed by atoms with Crippen LogP contribution in [0.15, 0.2) is 0 Å². The van der Waals surface area contributed by atoms with Crippen molar-refractivity contribution in [3.63, 3.8) is 0 Å². The highest BCUT2D eigenvalue weighted by molar-refractivity contribution is 5.75. The second-order valence-electron chi connectivity index (χ2n) is 3.60. The molecule has 0 aliphatic heterocycles. The van der Waals surface area contributed by atoms with Crippen LogP contribution in [0.5, 0.6) is 0 Å². The van der Waals surface area contributed by atoms with Gasteiger partial charge in [0, 0.05) is 12.6 Å². The molecule has 0 bridgehead atoms. The second-order valence-corrected chi connectivity index (χ2v) is 3.60. The zero-order valence-corrected chi connectivity index (χ0v) is 8.44. The summed E-state index contributed by atoms with van der Waals surface area (Å²) in [4.78, 5) is 20.9. The lowest BCUT2D eigenvalue weighted by atomic mass is 9.79. The molecule has 0 spiro atoms. The Morgan fingerprint density at radius 1 is 1.47 bits per heavy atom. The molecule has 0 aromatic heterocycles. The molecule has 1 aliphatic rings. The van der Waals surface area contributed by atoms with E-state index in [4.69, 9.17) is 15.6 Å². The number of nitrogens with two attached hydrogens (primary N) is 1. The van der Waals surface area contributed by atoms with E-state index in [-0.39, 0.29) is 18.6 Å². The molecule has 6 nitrogen and oxygen atoms in total. The molecule has 1 amide bonds. The van der Waals surface area contributed by atoms with Gasteiger partial charge in [-0.3, -0.25) is 9.59 Å². The first-order valence-electron chi connectivity index (χ1n) is 4.93. The van der Waals surface area contributed by atoms with E-state index in [0.717, 1.165) is 12.8 Å². The minimum absolute atomic E-state index is 0.0414. The predicted octanol–water partition coefficient (Wildman–Crippen LogP) is -1.06. The number of amides is 1. The fraction of sp³-hybridized carbons (Fsp3) is 0.778. The number of hydrogen-bond acceptors (Lipinski definition) is 4. The summed E-state index contributed by atoms with van der Waals surface area (Å²) >= 11 is 0. The van der Waals surface area contributed by atoms with Crippen LogP contribution in [0.1, 0.15) is 12.8 Å². The molecule has 15 heavy (non-hydrogen) atoms. The fourth-order valence-corrected chi connectivity index (χ4v) is 1.53. The van der Waals surface area contributed by atoms with E-state index >= 15 is 0 Å². The van der Waals surface area contributed by atoms with Crippen molar-refractivity contribution >= 4 is 11.9 Å². The quantitative estimate of drug-likeness (QED) is 0.471. The largest absolute Gasteiger partial charge is 0.481 e. The maximum Gasteiger partial charge on any atom is 0.308 e. The Kier molecular flexibility index (Phi) is 4.51. The third kappa shape index (κ3) is 3.85. The highest BCUT2D eigenvalue weighted by Crippen LogP contribution is 2.27. The zero-order chi connectivity index (χ0) is 11.3. The second kappa shape index (κ2) is 5.67. The number of hydrogen-bond donors (Lipinski definition) is 3. The van der Waals surface area contributed by atoms with Crippen molar-refractivity contribution in [3.05, 3.63) is 0 Å². The van der Waals surface area contributed by atoms with Crippen LogP contribution in [0, 0.1) is 5.92 Å². The van der Waals surface area contributed by atoms with Crippen molar-refractivity contribution in [1.29, 1.82) is 0 Å². The standard InChI is InChI=1S/C9H16N2O4/c10-8(12)5-15-4-3-11-7-2-1-6(7)9(13)14/h6-7,11H,1-5H2,(H2,10,12)(H,13,14). The maximum atomic E-state index is 10.6. The molecule has 0 heterocycles. The van der Waals surface area contributed by atoms with E-state index in [2.05, 4.69) is 5.32 Å². The van der Waals surface area contributed by atoms with E-state index in [0.29, 0.717) is 13.2 Å². The van der Waals surface area contributed by atoms with Crippen LogP contribution in [0.4, 0.5) is 0 Å². The maximum absolute atomic E-state index is 10.6. The summed E-state index contributed by atoms with van der Waals surface area (Å²) in [6, 6.07) is 0.0414. The molecule has 2 unspecified atom stereocenters. The summed E-state index contributed by atoms with van der Waals surface area (Å²) in [7, 11) is 0. The Morgan fingerprint density at radius 3 is 2.67 bits per heavy atom. The van der Waals surface area contributed by atoms with Gasteiger partial charge in [-0.15, -0.1) is 0 Å². The van der Waals surface area contributed by atoms with E-state index in [9.17, 15) is 9.59 Å². The average Bonchev–Trinajstić information content (AvgIpc) is 2.07. The number of carboxylic acid groups (broad SMARTS) is 1. The molecule has 86 valence electrons. The van der Waals surface area contributed by atoms with Crippen LogP contribution in [-0.4, -0.2) is 42.8 Å². The summed E-state index contributed by atoms with van der Waals surface area (Å²) < 4.78 is 4.93. The zero-order valence-electron chi connectivity index (χ0n) is 8.44. The van der Waals surface area contributed by atoms with Crippen molar-refractivity contribution in [2.24, 2.45) is 11.7 Å². The minimum Gasteiger partial charge on any atom is -0.481 e. The Hall–Kier alpha value is -1.14. The predicted molar refractivity (Wildman–Crippen MR) is 52.2 cm³/mol. The Labute approximate surface area is 87.8 Å². The summed E-state index contributed by atoms with van der Waals surface area (Å²) in [6.07, 6.45) is 1.61. The number of rotatable bonds is 7. The molecule has 0 saturated heterocycles. The molecule has 2 atom stereocenters. The molecule has 0 aromatic carbocycles. The van der Waals surface area contributed by atoms with Gasteiger partial charge in [0.25, 0.3) is 0 Å². The molecule has 0 radical (unpaired) electrons. The van der Waals surface area contributed by atoms with Gasteiger partial charge in [0.2, 0.25) is 5.91 Å². The monoisotopic (exact) mass is 216 g/mol. The van der Waals surface area contributed by atoms with E-state index in [1.54, 1.807) is 0 Å². The van der Waals surface area contributed by atoms with Crippen molar-refractivity contribution < 1.29 is 19.4 Å². The van der Waals surface area contributed by atoms with Crippen molar-refractivity contribution in [2.45, 2.75) is 18.9 Å². The lowest BCUT2D eigenvalue weighted by molar-refractivity contribution is -0.146. The highest BCUT2D eigenvalue weighted by Gasteiger charge is 2.35. The van der Waals surface area contributed by atoms with Gasteiger partial charge < -0.3 is 20.9 Å². The number of primary amides is 1. The Bertz CT molecular complexity index is 244. The van der Waals surface area contributed by atoms with Crippen LogP contribution in [0.25, 0.3) is 0 Å². The van der Waals surface area contributed by atoms with Crippen molar-refractivity contribution in [2.75, 3.05) is 19.8 Å². The number of carbonyl (C=O) groups excluding carboxylic acids is 1. The van der Waals surface area contributed by atoms with Crippen LogP contribution in [0.2, 0.25) is 0 Å². The van der Waals surface area contributed by atoms with E-state index < -0.39 is 11.9 Å². The molecule has 6 heteroatoms. The molecular formula is C9H16N2O4. The van der Waals surface area contributed by atoms with Gasteiger partial charge in [0.15, 0.2) is 0 Å². The minimum atomic E-state index is -0.753. The van der Waals surface area contributed by atoms with Crippen molar-refractivity contribution in [1.82, 2.24) is 5.32 Å². The SMILES string of the molecule is NC(=O)COCCNC1CCC1C(=O)O. The number of carbonyl (C=O) groups is 2. The lowest BCUT2D eigenvalue weighted by Gasteiger charge is -2.34. The summed E-state index contributed by atoms with van der Waals surface area (Å²) in [5.41, 5.74) is 4.87. The Morgan fingerprint density at radius 2 is 2.20 bits per heavy atom. The molecule has 1 aliphatic carbocycles. The number of nitrogens with one attached hydrogen (secondary N) is 1. The van der Waals surface area contributed by atoms with Crippen LogP contribution >= 0.6 is 0 Å². The summed E-state index contributed by atoms with van der Waals surface area (Å²) in [5.74, 6) is -1.53. The molecule has 1 rings (SSSR count). The number of carboxylic acids is 1. The molecular weight excluding hydrogens is 200 g/mol. The van der Waals surface area contributed by atoms with Gasteiger partial charge in [-0.2, -0.15) is 0 Å². The van der Waals surface area contributed by atoms with Crippen LogP contribution in [-0.2, 0) is 14.3 Å². The van der Waals surface area contributed by atoms with Gasteiger partial charge >= 0.3 is 5.97 Å². The van der Waals surface area contributed by atoms with Gasteiger partial charge in [-0.05, 0) is 12.8 Å². The number of aliphatic carboxylic acids is 1. The first-order chi connectivity index (χ1) is 7.11. The summed E-state index contributed by atoms with van der Waals surface area (Å²) in [6.45, 7) is 0.822. The lowest BCUT2D eigenvalue weighted by Crippen LogP contribution is -2.48. The average molecular weight is 216 g/mol. The topological polar surface area (TPSA) is 102 Å². The smallest absolute Gasteiger partial charge is 0.308 e. The first-order valence-corrected chi connectivity index (χ1v) is 4.93. The molecule has 4 N–H and O–H groups in total. The molecule has 1 saturated carbocycles. The van der Waals surface area contributed by atoms with E-state index in [1.807, 2.05) is 0 Å². The van der Waals surface area contributed by atoms with Crippen LogP contribution in [0.3, 0.4) is 0 Å². The highest BCUT2D eigenvalue weighted by atomic mass is 16.5. The summed E-state index contributed by atoms with van der Waals surface area (Å²) in [5, 5.41) is 11.8.